The van der Waals surface area contributed by atoms with Crippen LogP contribution in [0.1, 0.15) is 152 Å². The predicted molar refractivity (Wildman–Crippen MR) is 286 cm³/mol. The number of fused-ring (bicyclic) bond motifs is 7. The van der Waals surface area contributed by atoms with Crippen LogP contribution in [0.5, 0.6) is 0 Å². The van der Waals surface area contributed by atoms with Gasteiger partial charge in [0, 0.05) is 30.5 Å². The molecule has 2 unspecified atom stereocenters. The highest BCUT2D eigenvalue weighted by molar-refractivity contribution is 6.32. The second-order valence-corrected chi connectivity index (χ2v) is 24.4. The molecule has 0 saturated heterocycles. The first kappa shape index (κ1) is 49.5. The molecule has 4 aliphatic carbocycles. The van der Waals surface area contributed by atoms with Crippen LogP contribution in [-0.4, -0.2) is 33.7 Å². The van der Waals surface area contributed by atoms with E-state index in [9.17, 15) is 4.79 Å². The minimum Gasteiger partial charge on any atom is -0.446 e. The van der Waals surface area contributed by atoms with E-state index < -0.39 is 0 Å². The van der Waals surface area contributed by atoms with Crippen molar-refractivity contribution in [2.24, 2.45) is 58.8 Å². The number of hydrogen-bond acceptors (Lipinski definition) is 4. The van der Waals surface area contributed by atoms with Gasteiger partial charge in [0.15, 0.2) is 0 Å². The first-order valence-corrected chi connectivity index (χ1v) is 26.3. The van der Waals surface area contributed by atoms with E-state index in [-0.39, 0.29) is 23.0 Å². The van der Waals surface area contributed by atoms with Crippen LogP contribution in [0, 0.1) is 63.6 Å². The molecule has 0 radical (unpaired) electrons. The molecule has 6 nitrogen and oxygen atoms in total. The summed E-state index contributed by atoms with van der Waals surface area (Å²) in [5.74, 6) is 11.4. The van der Waals surface area contributed by atoms with Crippen LogP contribution >= 0.6 is 0 Å². The third-order valence-corrected chi connectivity index (χ3v) is 17.1. The van der Waals surface area contributed by atoms with Crippen LogP contribution in [0.4, 0.5) is 4.79 Å². The molecule has 3 saturated carbocycles. The SMILES string of the molecule is CC(C)CCCC(C)[C@H]1CC[C@H]2[C@@H]3CC=C4CC(OC(=O)NCC#CC(C)(C)C)CC[C@]4(C)[C@H]3CC[C@]12C.Cn1cc(C(C)(C)C)nn1.c1cc2cccc3c4cccc5cccc(c(c1)c23)c54. The fourth-order valence-corrected chi connectivity index (χ4v) is 13.6. The maximum absolute atomic E-state index is 12.4. The maximum atomic E-state index is 12.4. The van der Waals surface area contributed by atoms with Crippen molar-refractivity contribution in [1.29, 1.82) is 0 Å². The number of aromatic nitrogens is 3. The molecule has 1 heterocycles. The lowest BCUT2D eigenvalue weighted by Crippen LogP contribution is -2.51. The van der Waals surface area contributed by atoms with Crippen LogP contribution in [-0.2, 0) is 17.2 Å². The number of benzene rings is 5. The fourth-order valence-electron chi connectivity index (χ4n) is 13.6. The van der Waals surface area contributed by atoms with Gasteiger partial charge in [-0.2, -0.15) is 0 Å². The Morgan fingerprint density at radius 1 is 0.809 bits per heavy atom. The molecule has 6 aromatic rings. The van der Waals surface area contributed by atoms with Gasteiger partial charge in [-0.1, -0.05) is 176 Å². The largest absolute Gasteiger partial charge is 0.446 e. The summed E-state index contributed by atoms with van der Waals surface area (Å²) in [6.45, 7) is 25.5. The number of rotatable bonds is 7. The summed E-state index contributed by atoms with van der Waals surface area (Å²) in [5, 5.41) is 21.6. The average molecular weight is 915 g/mol. The van der Waals surface area contributed by atoms with Crippen molar-refractivity contribution in [3.8, 4) is 11.8 Å². The first-order chi connectivity index (χ1) is 32.3. The third kappa shape index (κ3) is 10.3. The van der Waals surface area contributed by atoms with E-state index in [1.807, 2.05) is 13.2 Å². The number of carbonyl (C=O) groups is 1. The van der Waals surface area contributed by atoms with E-state index in [1.165, 1.54) is 94.5 Å². The van der Waals surface area contributed by atoms with E-state index in [2.05, 4.69) is 183 Å². The first-order valence-electron chi connectivity index (χ1n) is 26.3. The zero-order valence-corrected chi connectivity index (χ0v) is 43.8. The highest BCUT2D eigenvalue weighted by Crippen LogP contribution is 2.67. The summed E-state index contributed by atoms with van der Waals surface area (Å²) in [7, 11) is 1.88. The number of aryl methyl sites for hydroxylation is 1. The van der Waals surface area contributed by atoms with Gasteiger partial charge in [0.2, 0.25) is 0 Å². The Morgan fingerprint density at radius 2 is 1.41 bits per heavy atom. The zero-order valence-electron chi connectivity index (χ0n) is 43.8. The number of alkyl carbamates (subject to hydrolysis) is 1. The van der Waals surface area contributed by atoms with Gasteiger partial charge in [-0.3, -0.25) is 4.68 Å². The van der Waals surface area contributed by atoms with Crippen molar-refractivity contribution in [2.75, 3.05) is 6.54 Å². The summed E-state index contributed by atoms with van der Waals surface area (Å²) in [6, 6.07) is 26.4. The van der Waals surface area contributed by atoms with Gasteiger partial charge in [0.05, 0.1) is 12.2 Å². The zero-order chi connectivity index (χ0) is 48.6. The van der Waals surface area contributed by atoms with Crippen LogP contribution in [0.15, 0.2) is 90.6 Å². The molecule has 0 aliphatic heterocycles. The second kappa shape index (κ2) is 19.8. The molecule has 1 amide bonds. The van der Waals surface area contributed by atoms with Crippen molar-refractivity contribution in [2.45, 2.75) is 158 Å². The van der Waals surface area contributed by atoms with Crippen molar-refractivity contribution < 1.29 is 9.53 Å². The van der Waals surface area contributed by atoms with Crippen molar-refractivity contribution in [1.82, 2.24) is 20.3 Å². The molecule has 0 bridgehead atoms. The summed E-state index contributed by atoms with van der Waals surface area (Å²) >= 11 is 0. The van der Waals surface area contributed by atoms with Gasteiger partial charge < -0.3 is 10.1 Å². The van der Waals surface area contributed by atoms with Crippen LogP contribution in [0.2, 0.25) is 0 Å². The molecule has 10 rings (SSSR count). The van der Waals surface area contributed by atoms with E-state index in [0.29, 0.717) is 17.4 Å². The summed E-state index contributed by atoms with van der Waals surface area (Å²) in [6.07, 6.45) is 18.4. The average Bonchev–Trinajstić information content (AvgIpc) is 3.90. The molecule has 4 aliphatic rings. The van der Waals surface area contributed by atoms with Crippen molar-refractivity contribution in [3.63, 3.8) is 0 Å². The standard InChI is InChI=1S/C35H57NO2.C20H12.C7H13N3/c1-24(2)11-9-12-25(3)29-15-16-30-28-14-13-26-23-27(38-32(37)36-22-10-19-33(4,5)6)17-20-34(26,7)31(28)18-21-35(29,30)8;1-5-13-6-2-11-17-18-12-4-8-14-7-3-10-16(20(14)18)15(9-1)19(13)17;1-7(2,3)6-5-10(4)9-8-6/h13,24-25,27-31H,9,11-12,14-18,20-23H2,1-8H3,(H,36,37);1-12H;5H,1-4H3/t25?,27?,28-,29+,30-,31-,34-,35+;;/m0../s1. The van der Waals surface area contributed by atoms with Crippen LogP contribution < -0.4 is 5.32 Å². The minimum absolute atomic E-state index is 0.00198. The molecule has 8 atom stereocenters. The molecular formula is C62H82N4O2. The number of allylic oxidation sites excluding steroid dienone is 1. The van der Waals surface area contributed by atoms with E-state index >= 15 is 0 Å². The Kier molecular flexibility index (Phi) is 14.5. The molecule has 3 fully saturated rings. The Bertz CT molecular complexity index is 2620. The summed E-state index contributed by atoms with van der Waals surface area (Å²) in [4.78, 5) is 12.4. The number of hydrogen-bond donors (Lipinski definition) is 1. The molecule has 68 heavy (non-hydrogen) atoms. The number of amides is 1. The van der Waals surface area contributed by atoms with E-state index in [4.69, 9.17) is 4.74 Å². The summed E-state index contributed by atoms with van der Waals surface area (Å²) < 4.78 is 7.59. The lowest BCUT2D eigenvalue weighted by molar-refractivity contribution is -0.0581. The molecule has 1 aromatic heterocycles. The molecule has 5 aromatic carbocycles. The second-order valence-electron chi connectivity index (χ2n) is 24.4. The van der Waals surface area contributed by atoms with Crippen LogP contribution in [0.3, 0.4) is 0 Å². The highest BCUT2D eigenvalue weighted by Gasteiger charge is 2.59. The molecular weight excluding hydrogens is 833 g/mol. The van der Waals surface area contributed by atoms with Crippen molar-refractivity contribution >= 4 is 49.2 Å². The molecule has 0 spiro atoms. The smallest absolute Gasteiger partial charge is 0.408 e. The van der Waals surface area contributed by atoms with Crippen LogP contribution in [0.25, 0.3) is 43.1 Å². The van der Waals surface area contributed by atoms with Crippen molar-refractivity contribution in [3.05, 3.63) is 96.3 Å². The molecule has 362 valence electrons. The normalized spacial score (nSPS) is 26.1. The highest BCUT2D eigenvalue weighted by atomic mass is 16.6. The summed E-state index contributed by atoms with van der Waals surface area (Å²) in [5.41, 5.74) is 3.51. The fraction of sp³-hybridized carbons (Fsp3) is 0.565. The van der Waals surface area contributed by atoms with E-state index in [1.54, 1.807) is 10.3 Å². The van der Waals surface area contributed by atoms with E-state index in [0.717, 1.165) is 60.5 Å². The quantitative estimate of drug-likeness (QED) is 0.0750. The molecule has 6 heteroatoms. The van der Waals surface area contributed by atoms with Gasteiger partial charge >= 0.3 is 6.09 Å². The number of nitrogens with one attached hydrogen (secondary N) is 1. The Hall–Kier alpha value is -4.89. The maximum Gasteiger partial charge on any atom is 0.408 e. The number of nitrogens with zero attached hydrogens (tertiary/aromatic N) is 3. The third-order valence-electron chi connectivity index (χ3n) is 17.1. The Morgan fingerprint density at radius 3 is 1.93 bits per heavy atom. The lowest BCUT2D eigenvalue weighted by atomic mass is 9.47. The van der Waals surface area contributed by atoms with Gasteiger partial charge in [0.1, 0.15) is 6.10 Å². The van der Waals surface area contributed by atoms with Gasteiger partial charge in [-0.15, -0.1) is 5.10 Å². The lowest BCUT2D eigenvalue weighted by Gasteiger charge is -2.58. The van der Waals surface area contributed by atoms with Gasteiger partial charge in [-0.25, -0.2) is 4.79 Å². The van der Waals surface area contributed by atoms with Gasteiger partial charge in [-0.05, 0) is 155 Å². The Balaban J connectivity index is 0.000000170. The minimum atomic E-state index is -0.316. The predicted octanol–water partition coefficient (Wildman–Crippen LogP) is 16.0. The topological polar surface area (TPSA) is 69.0 Å². The monoisotopic (exact) mass is 915 g/mol. The van der Waals surface area contributed by atoms with Gasteiger partial charge in [0.25, 0.3) is 0 Å². The Labute approximate surface area is 409 Å². The molecule has 1 N–H and O–H groups in total. The number of ether oxygens (including phenoxy) is 1. The number of carbonyl (C=O) groups excluding carboxylic acids is 1.